The molecule has 0 aliphatic carbocycles. The van der Waals surface area contributed by atoms with Gasteiger partial charge in [-0.2, -0.15) is 0 Å². The maximum atomic E-state index is 12.0. The fourth-order valence-corrected chi connectivity index (χ4v) is 2.29. The van der Waals surface area contributed by atoms with Gasteiger partial charge in [-0.3, -0.25) is 4.79 Å². The molecule has 0 atom stereocenters. The largest absolute Gasteiger partial charge is 0.342 e. The van der Waals surface area contributed by atoms with Crippen LogP contribution in [0.1, 0.15) is 42.7 Å². The molecule has 3 nitrogen and oxygen atoms in total. The van der Waals surface area contributed by atoms with Crippen molar-refractivity contribution in [1.82, 2.24) is 9.88 Å². The van der Waals surface area contributed by atoms with E-state index in [1.54, 1.807) is 6.92 Å². The molecule has 3 heteroatoms. The molecule has 1 N–H and O–H groups in total. The topological polar surface area (TPSA) is 34.0 Å². The van der Waals surface area contributed by atoms with Gasteiger partial charge in [0.05, 0.1) is 12.1 Å². The summed E-state index contributed by atoms with van der Waals surface area (Å²) in [5, 5.41) is 3.34. The zero-order valence-corrected chi connectivity index (χ0v) is 10.2. The predicted octanol–water partition coefficient (Wildman–Crippen LogP) is 2.01. The van der Waals surface area contributed by atoms with Gasteiger partial charge in [-0.1, -0.05) is 5.92 Å². The van der Waals surface area contributed by atoms with Crippen LogP contribution in [0.5, 0.6) is 0 Å². The summed E-state index contributed by atoms with van der Waals surface area (Å²) in [6.45, 7) is 3.83. The molecule has 0 radical (unpaired) electrons. The van der Waals surface area contributed by atoms with Gasteiger partial charge in [-0.25, -0.2) is 0 Å². The van der Waals surface area contributed by atoms with E-state index in [1.165, 1.54) is 0 Å². The summed E-state index contributed by atoms with van der Waals surface area (Å²) in [7, 11) is 0. The lowest BCUT2D eigenvalue weighted by Gasteiger charge is -2.25. The van der Waals surface area contributed by atoms with Crippen molar-refractivity contribution in [2.24, 2.45) is 0 Å². The number of carbonyl (C=O) groups is 1. The van der Waals surface area contributed by atoms with Crippen LogP contribution >= 0.6 is 0 Å². The molecule has 1 fully saturated rings. The molecule has 17 heavy (non-hydrogen) atoms. The number of rotatable bonds is 3. The van der Waals surface area contributed by atoms with Crippen LogP contribution in [0.4, 0.5) is 0 Å². The Morgan fingerprint density at radius 1 is 1.53 bits per heavy atom. The Bertz CT molecular complexity index is 444. The highest BCUT2D eigenvalue weighted by Crippen LogP contribution is 2.21. The summed E-state index contributed by atoms with van der Waals surface area (Å²) in [6.07, 6.45) is 4.52. The van der Waals surface area contributed by atoms with Crippen molar-refractivity contribution in [3.05, 3.63) is 24.0 Å². The van der Waals surface area contributed by atoms with Crippen molar-refractivity contribution in [2.45, 2.75) is 32.2 Å². The van der Waals surface area contributed by atoms with E-state index in [9.17, 15) is 4.79 Å². The summed E-state index contributed by atoms with van der Waals surface area (Å²) in [5.41, 5.74) is 0.805. The second-order valence-electron chi connectivity index (χ2n) is 4.31. The smallest absolute Gasteiger partial charge is 0.191 e. The van der Waals surface area contributed by atoms with Crippen LogP contribution < -0.4 is 5.32 Å². The summed E-state index contributed by atoms with van der Waals surface area (Å²) in [5.74, 6) is 5.74. The molecule has 90 valence electrons. The van der Waals surface area contributed by atoms with Crippen LogP contribution in [0, 0.1) is 11.8 Å². The third kappa shape index (κ3) is 2.78. The first-order chi connectivity index (χ1) is 8.33. The zero-order chi connectivity index (χ0) is 12.1. The summed E-state index contributed by atoms with van der Waals surface area (Å²) >= 11 is 0. The molecule has 0 amide bonds. The average Bonchev–Trinajstić information content (AvgIpc) is 2.86. The van der Waals surface area contributed by atoms with Crippen LogP contribution in [0.3, 0.4) is 0 Å². The molecule has 1 saturated heterocycles. The van der Waals surface area contributed by atoms with Crippen LogP contribution in [-0.2, 0) is 0 Å². The molecule has 0 unspecified atom stereocenters. The predicted molar refractivity (Wildman–Crippen MR) is 68.0 cm³/mol. The molecule has 0 bridgehead atoms. The minimum atomic E-state index is 0.128. The number of aromatic nitrogens is 1. The van der Waals surface area contributed by atoms with Crippen LogP contribution in [0.2, 0.25) is 0 Å². The molecule has 1 aliphatic heterocycles. The van der Waals surface area contributed by atoms with E-state index < -0.39 is 0 Å². The minimum absolute atomic E-state index is 0.128. The van der Waals surface area contributed by atoms with Crippen molar-refractivity contribution in [3.63, 3.8) is 0 Å². The maximum absolute atomic E-state index is 12.0. The molecule has 2 heterocycles. The van der Waals surface area contributed by atoms with Gasteiger partial charge in [-0.05, 0) is 45.0 Å². The van der Waals surface area contributed by atoms with Gasteiger partial charge in [0, 0.05) is 12.2 Å². The van der Waals surface area contributed by atoms with Gasteiger partial charge in [-0.15, -0.1) is 5.92 Å². The van der Waals surface area contributed by atoms with E-state index in [1.807, 2.05) is 18.3 Å². The Balaban J connectivity index is 2.14. The molecule has 1 aliphatic rings. The van der Waals surface area contributed by atoms with Crippen molar-refractivity contribution in [3.8, 4) is 11.8 Å². The fraction of sp³-hybridized carbons (Fsp3) is 0.500. The van der Waals surface area contributed by atoms with Gasteiger partial charge in [0.25, 0.3) is 0 Å². The quantitative estimate of drug-likeness (QED) is 0.636. The first kappa shape index (κ1) is 11.9. The number of carbonyl (C=O) groups excluding carboxylic acids is 1. The van der Waals surface area contributed by atoms with Gasteiger partial charge in [0.2, 0.25) is 0 Å². The van der Waals surface area contributed by atoms with Crippen LogP contribution in [-0.4, -0.2) is 23.4 Å². The number of nitrogens with one attached hydrogen (secondary N) is 1. The van der Waals surface area contributed by atoms with E-state index >= 15 is 0 Å². The maximum Gasteiger partial charge on any atom is 0.191 e. The Morgan fingerprint density at radius 3 is 3.00 bits per heavy atom. The lowest BCUT2D eigenvalue weighted by molar-refractivity contribution is 0.0986. The Hall–Kier alpha value is -1.53. The molecule has 1 aromatic heterocycles. The van der Waals surface area contributed by atoms with Crippen molar-refractivity contribution in [2.75, 3.05) is 13.1 Å². The first-order valence-electron chi connectivity index (χ1n) is 6.13. The van der Waals surface area contributed by atoms with Crippen molar-refractivity contribution in [1.29, 1.82) is 0 Å². The standard InChI is InChI=1S/C14H18N2O/c1-2-3-6-14(17)13-5-4-11-16(13)12-7-9-15-10-8-12/h4-5,11-12,15H,6-10H2,1H3. The number of hydrogen-bond donors (Lipinski definition) is 1. The highest BCUT2D eigenvalue weighted by atomic mass is 16.1. The van der Waals surface area contributed by atoms with Gasteiger partial charge >= 0.3 is 0 Å². The van der Waals surface area contributed by atoms with Gasteiger partial charge < -0.3 is 9.88 Å². The van der Waals surface area contributed by atoms with E-state index in [-0.39, 0.29) is 5.78 Å². The number of piperidine rings is 1. The van der Waals surface area contributed by atoms with Crippen LogP contribution in [0.25, 0.3) is 0 Å². The van der Waals surface area contributed by atoms with E-state index in [0.29, 0.717) is 12.5 Å². The molecule has 0 spiro atoms. The highest BCUT2D eigenvalue weighted by molar-refractivity contribution is 5.96. The second-order valence-corrected chi connectivity index (χ2v) is 4.31. The van der Waals surface area contributed by atoms with E-state index in [0.717, 1.165) is 31.6 Å². The van der Waals surface area contributed by atoms with Crippen LogP contribution in [0.15, 0.2) is 18.3 Å². The number of hydrogen-bond acceptors (Lipinski definition) is 2. The van der Waals surface area contributed by atoms with E-state index in [2.05, 4.69) is 21.7 Å². The van der Waals surface area contributed by atoms with Gasteiger partial charge in [0.1, 0.15) is 0 Å². The third-order valence-electron chi connectivity index (χ3n) is 3.19. The van der Waals surface area contributed by atoms with Crippen molar-refractivity contribution >= 4 is 5.78 Å². The highest BCUT2D eigenvalue weighted by Gasteiger charge is 2.19. The summed E-state index contributed by atoms with van der Waals surface area (Å²) < 4.78 is 2.13. The number of nitrogens with zero attached hydrogens (tertiary/aromatic N) is 1. The summed E-state index contributed by atoms with van der Waals surface area (Å²) in [6, 6.07) is 4.32. The monoisotopic (exact) mass is 230 g/mol. The Morgan fingerprint density at radius 2 is 2.29 bits per heavy atom. The average molecular weight is 230 g/mol. The lowest BCUT2D eigenvalue weighted by atomic mass is 10.1. The van der Waals surface area contributed by atoms with Gasteiger partial charge in [0.15, 0.2) is 5.78 Å². The fourth-order valence-electron chi connectivity index (χ4n) is 2.29. The van der Waals surface area contributed by atoms with Crippen molar-refractivity contribution < 1.29 is 4.79 Å². The molecular formula is C14H18N2O. The molecule has 0 aromatic carbocycles. The number of ketones is 1. The SMILES string of the molecule is CC#CCC(=O)c1cccn1C1CCNCC1. The van der Waals surface area contributed by atoms with E-state index in [4.69, 9.17) is 0 Å². The Kier molecular flexibility index (Phi) is 4.00. The second kappa shape index (κ2) is 5.70. The lowest BCUT2D eigenvalue weighted by Crippen LogP contribution is -2.30. The zero-order valence-electron chi connectivity index (χ0n) is 10.2. The molecule has 1 aromatic rings. The Labute approximate surface area is 102 Å². The number of Topliss-reactive ketones (excluding diaryl/α,β-unsaturated/α-hetero) is 1. The third-order valence-corrected chi connectivity index (χ3v) is 3.19. The molecule has 2 rings (SSSR count). The normalized spacial score (nSPS) is 16.3. The first-order valence-corrected chi connectivity index (χ1v) is 6.13. The summed E-state index contributed by atoms with van der Waals surface area (Å²) in [4.78, 5) is 12.0. The minimum Gasteiger partial charge on any atom is -0.342 e. The molecule has 0 saturated carbocycles. The molecular weight excluding hydrogens is 212 g/mol.